The number of rotatable bonds is 8. The predicted octanol–water partition coefficient (Wildman–Crippen LogP) is 4.81. The number of nitrogens with one attached hydrogen (secondary N) is 1. The van der Waals surface area contributed by atoms with Gasteiger partial charge in [0.15, 0.2) is 10.1 Å². The number of imidazole rings is 1. The van der Waals surface area contributed by atoms with E-state index in [2.05, 4.69) is 0 Å². The predicted molar refractivity (Wildman–Crippen MR) is 74.8 cm³/mol. The molecule has 0 aliphatic heterocycles. The number of alkyl halides is 18. The first-order valence-corrected chi connectivity index (χ1v) is 10.6. The van der Waals surface area contributed by atoms with Crippen LogP contribution in [0.1, 0.15) is 0 Å². The second-order valence-corrected chi connectivity index (χ2v) is 10.2. The first-order valence-electron chi connectivity index (χ1n) is 7.66. The summed E-state index contributed by atoms with van der Waals surface area (Å²) >= 11 is 0. The van der Waals surface area contributed by atoms with E-state index in [-0.39, 0.29) is 0 Å². The van der Waals surface area contributed by atoms with Gasteiger partial charge >= 0.3 is 46.6 Å². The molecule has 0 aliphatic rings. The molecule has 0 atom stereocenters. The average molecular weight is 632 g/mol. The van der Waals surface area contributed by atoms with E-state index in [0.717, 1.165) is 0 Å². The molecule has 1 aromatic rings. The molecule has 1 rings (SSSR count). The van der Waals surface area contributed by atoms with Gasteiger partial charge in [0.1, 0.15) is 0 Å². The molecule has 1 N–H and O–H groups in total. The fourth-order valence-electron chi connectivity index (χ4n) is 1.96. The summed E-state index contributed by atoms with van der Waals surface area (Å²) in [6.07, 6.45) is -16.2. The van der Waals surface area contributed by atoms with Crippen molar-refractivity contribution in [3.63, 3.8) is 0 Å². The molecule has 0 saturated heterocycles. The first-order chi connectivity index (χ1) is 15.7. The molecule has 0 bridgehead atoms. The van der Waals surface area contributed by atoms with Crippen molar-refractivity contribution in [1.82, 2.24) is 9.97 Å². The third-order valence-electron chi connectivity index (χ3n) is 4.00. The molecule has 37 heavy (non-hydrogen) atoms. The van der Waals surface area contributed by atoms with Gasteiger partial charge in [0.05, 0.1) is 6.33 Å². The van der Waals surface area contributed by atoms with E-state index in [0.29, 0.717) is 4.98 Å². The van der Waals surface area contributed by atoms with Gasteiger partial charge in [-0.05, 0) is 0 Å². The van der Waals surface area contributed by atoms with Gasteiger partial charge in [-0.3, -0.25) is 0 Å². The Balaban J connectivity index is 3.94. The highest BCUT2D eigenvalue weighted by Crippen LogP contribution is 2.58. The Morgan fingerprint density at radius 2 is 0.811 bits per heavy atom. The Hall–Kier alpha value is -2.15. The molecule has 218 valence electrons. The van der Waals surface area contributed by atoms with Crippen LogP contribution in [0.3, 0.4) is 0 Å². The summed E-state index contributed by atoms with van der Waals surface area (Å²) in [7, 11) is -16.5. The maximum atomic E-state index is 13.8. The van der Waals surface area contributed by atoms with Gasteiger partial charge in [0, 0.05) is 0 Å². The molecule has 1 aromatic heterocycles. The Kier molecular flexibility index (Phi) is 7.26. The minimum absolute atomic E-state index is 0.407. The molecule has 26 heteroatoms. The fraction of sp³-hybridized carbons (Fsp3) is 0.727. The lowest BCUT2D eigenvalue weighted by Crippen LogP contribution is -2.64. The number of sulfone groups is 2. The van der Waals surface area contributed by atoms with Crippen LogP contribution in [0.4, 0.5) is 79.0 Å². The average Bonchev–Trinajstić information content (AvgIpc) is 3.16. The summed E-state index contributed by atoms with van der Waals surface area (Å²) in [5.41, 5.74) is 0. The van der Waals surface area contributed by atoms with E-state index in [4.69, 9.17) is 0 Å². The maximum absolute atomic E-state index is 13.8. The molecule has 0 unspecified atom stereocenters. The summed E-state index contributed by atoms with van der Waals surface area (Å²) in [6, 6.07) is 0. The first kappa shape index (κ1) is 32.9. The van der Waals surface area contributed by atoms with E-state index in [1.54, 1.807) is 0 Å². The smallest absolute Gasteiger partial charge is 0.334 e. The van der Waals surface area contributed by atoms with Crippen LogP contribution in [0, 0.1) is 0 Å². The summed E-state index contributed by atoms with van der Waals surface area (Å²) in [5, 5.41) is -23.0. The van der Waals surface area contributed by atoms with Gasteiger partial charge in [-0.15, -0.1) is 0 Å². The Bertz CT molecular complexity index is 1150. The van der Waals surface area contributed by atoms with Crippen LogP contribution in [0.25, 0.3) is 0 Å². The number of nitrogens with zero attached hydrogens (tertiary/aromatic N) is 1. The zero-order valence-electron chi connectivity index (χ0n) is 15.8. The number of halogens is 18. The zero-order valence-corrected chi connectivity index (χ0v) is 17.4. The highest BCUT2D eigenvalue weighted by molar-refractivity contribution is 7.95. The van der Waals surface area contributed by atoms with Gasteiger partial charge in [-0.1, -0.05) is 0 Å². The lowest BCUT2D eigenvalue weighted by atomic mass is 10.1. The number of aromatic nitrogens is 2. The summed E-state index contributed by atoms with van der Waals surface area (Å²) in [6.45, 7) is 0. The van der Waals surface area contributed by atoms with Gasteiger partial charge in [0.2, 0.25) is 0 Å². The van der Waals surface area contributed by atoms with Gasteiger partial charge in [-0.2, -0.15) is 79.0 Å². The van der Waals surface area contributed by atoms with Crippen molar-refractivity contribution in [2.75, 3.05) is 0 Å². The van der Waals surface area contributed by atoms with E-state index >= 15 is 0 Å². The van der Waals surface area contributed by atoms with Gasteiger partial charge < -0.3 is 4.98 Å². The monoisotopic (exact) mass is 632 g/mol. The van der Waals surface area contributed by atoms with Crippen LogP contribution in [-0.4, -0.2) is 73.4 Å². The number of hydrogen-bond acceptors (Lipinski definition) is 5. The highest BCUT2D eigenvalue weighted by atomic mass is 32.2. The van der Waals surface area contributed by atoms with Crippen molar-refractivity contribution in [2.24, 2.45) is 0 Å². The Morgan fingerprint density at radius 3 is 1.11 bits per heavy atom. The van der Waals surface area contributed by atoms with E-state index < -0.39 is 82.6 Å². The summed E-state index contributed by atoms with van der Waals surface area (Å²) in [4.78, 5) is 2.24. The molecule has 6 nitrogen and oxygen atoms in total. The standard InChI is InChI=1S/C11H2F18N2O4S2/c12-4(13,8(20,21)22)6(16,17)10(26,27)36(32,33)2-3(31-1-30-2)37(34,35)11(28,29)7(18,19)5(14,15)9(23,24)25/h1H,(H,30,31). The third kappa shape index (κ3) is 4.07. The minimum Gasteiger partial charge on any atom is -0.334 e. The normalized spacial score (nSPS) is 16.3. The lowest BCUT2D eigenvalue weighted by molar-refractivity contribution is -0.382. The lowest BCUT2D eigenvalue weighted by Gasteiger charge is -2.33. The molecule has 0 aliphatic carbocycles. The van der Waals surface area contributed by atoms with Crippen LogP contribution >= 0.6 is 0 Å². The van der Waals surface area contributed by atoms with Gasteiger partial charge in [-0.25, -0.2) is 21.8 Å². The second-order valence-electron chi connectivity index (χ2n) is 6.37. The van der Waals surface area contributed by atoms with Crippen LogP contribution in [0.15, 0.2) is 16.4 Å². The van der Waals surface area contributed by atoms with Crippen molar-refractivity contribution >= 4 is 19.7 Å². The second kappa shape index (κ2) is 8.17. The topological polar surface area (TPSA) is 97.0 Å². The molecular formula is C11H2F18N2O4S2. The molecule has 1 heterocycles. The van der Waals surface area contributed by atoms with Gasteiger partial charge in [0.25, 0.3) is 19.7 Å². The van der Waals surface area contributed by atoms with E-state index in [9.17, 15) is 95.9 Å². The van der Waals surface area contributed by atoms with Crippen LogP contribution < -0.4 is 0 Å². The molecular weight excluding hydrogens is 630 g/mol. The quantitative estimate of drug-likeness (QED) is 0.416. The number of hydrogen-bond donors (Lipinski definition) is 1. The molecule has 0 amide bonds. The number of H-pyrrole nitrogens is 1. The largest absolute Gasteiger partial charge is 0.460 e. The Labute approximate surface area is 189 Å². The van der Waals surface area contributed by atoms with Crippen molar-refractivity contribution < 1.29 is 95.9 Å². The van der Waals surface area contributed by atoms with Crippen molar-refractivity contribution in [1.29, 1.82) is 0 Å². The number of aromatic amines is 1. The molecule has 0 saturated carbocycles. The maximum Gasteiger partial charge on any atom is 0.460 e. The van der Waals surface area contributed by atoms with Crippen LogP contribution in [-0.2, 0) is 19.7 Å². The highest BCUT2D eigenvalue weighted by Gasteiger charge is 2.87. The molecule has 0 spiro atoms. The molecule has 0 fully saturated rings. The summed E-state index contributed by atoms with van der Waals surface area (Å²) in [5.74, 6) is -32.3. The van der Waals surface area contributed by atoms with Crippen molar-refractivity contribution in [3.05, 3.63) is 6.33 Å². The third-order valence-corrected chi connectivity index (χ3v) is 7.66. The molecule has 0 aromatic carbocycles. The van der Waals surface area contributed by atoms with Crippen LogP contribution in [0.2, 0.25) is 0 Å². The molecule has 0 radical (unpaired) electrons. The van der Waals surface area contributed by atoms with E-state index in [1.165, 1.54) is 0 Å². The summed E-state index contributed by atoms with van der Waals surface area (Å²) < 4.78 is 280. The minimum atomic E-state index is -8.25. The fourth-order valence-corrected chi connectivity index (χ4v) is 5.04. The SMILES string of the molecule is O=S(=O)(c1nc[nH]c1S(=O)(=O)C(F)(F)C(F)(F)C(F)(F)C(F)(F)F)C(F)(F)C(F)(F)C(F)(F)C(F)(F)F. The van der Waals surface area contributed by atoms with Crippen LogP contribution in [0.5, 0.6) is 0 Å². The Morgan fingerprint density at radius 1 is 0.514 bits per heavy atom. The van der Waals surface area contributed by atoms with E-state index in [1.807, 2.05) is 4.98 Å². The van der Waals surface area contributed by atoms with Crippen molar-refractivity contribution in [3.8, 4) is 0 Å². The zero-order chi connectivity index (χ0) is 30.3. The van der Waals surface area contributed by atoms with Crippen molar-refractivity contribution in [2.45, 2.75) is 56.6 Å².